The molecule has 3 N–H and O–H groups in total. The van der Waals surface area contributed by atoms with E-state index < -0.39 is 0 Å². The van der Waals surface area contributed by atoms with E-state index >= 15 is 0 Å². The van der Waals surface area contributed by atoms with Crippen molar-refractivity contribution >= 4 is 17.0 Å². The smallest absolute Gasteiger partial charge is 0.279 e. The van der Waals surface area contributed by atoms with Crippen LogP contribution in [-0.4, -0.2) is 23.6 Å². The number of hydrogen-bond donors (Lipinski definition) is 2. The van der Waals surface area contributed by atoms with Gasteiger partial charge in [0.1, 0.15) is 0 Å². The summed E-state index contributed by atoms with van der Waals surface area (Å²) in [6.45, 7) is 0.572. The first-order chi connectivity index (χ1) is 6.33. The molecule has 1 rings (SSSR count). The molecule has 1 aliphatic rings. The van der Waals surface area contributed by atoms with E-state index in [0.717, 1.165) is 18.6 Å². The Morgan fingerprint density at radius 1 is 1.38 bits per heavy atom. The first-order valence-electron chi connectivity index (χ1n) is 4.96. The molecule has 0 atom stereocenters. The molecule has 0 aromatic heterocycles. The topological polar surface area (TPSA) is 55.1 Å². The third-order valence-electron chi connectivity index (χ3n) is 2.28. The van der Waals surface area contributed by atoms with Crippen LogP contribution >= 0.6 is 11.8 Å². The van der Waals surface area contributed by atoms with Gasteiger partial charge in [-0.2, -0.15) is 0 Å². The zero-order valence-electron chi connectivity index (χ0n) is 7.92. The van der Waals surface area contributed by atoms with Crippen LogP contribution in [0.2, 0.25) is 0 Å². The minimum absolute atomic E-state index is 0.0948. The maximum absolute atomic E-state index is 11.3. The molecule has 0 spiro atoms. The lowest BCUT2D eigenvalue weighted by Gasteiger charge is -2.22. The largest absolute Gasteiger partial charge is 0.344 e. The molecule has 0 aromatic carbocycles. The van der Waals surface area contributed by atoms with Gasteiger partial charge in [0.05, 0.1) is 0 Å². The third kappa shape index (κ3) is 4.52. The van der Waals surface area contributed by atoms with E-state index in [2.05, 4.69) is 5.32 Å². The highest BCUT2D eigenvalue weighted by Gasteiger charge is 2.15. The second-order valence-corrected chi connectivity index (χ2v) is 4.47. The average Bonchev–Trinajstić information content (AvgIpc) is 2.16. The van der Waals surface area contributed by atoms with Gasteiger partial charge in [0.15, 0.2) is 0 Å². The Bertz CT molecular complexity index is 158. The van der Waals surface area contributed by atoms with Gasteiger partial charge in [0, 0.05) is 18.3 Å². The van der Waals surface area contributed by atoms with E-state index in [4.69, 9.17) is 5.73 Å². The van der Waals surface area contributed by atoms with Crippen LogP contribution in [0.3, 0.4) is 0 Å². The molecular formula is C9H18N2OS. The van der Waals surface area contributed by atoms with E-state index in [9.17, 15) is 4.79 Å². The van der Waals surface area contributed by atoms with E-state index in [0.29, 0.717) is 12.6 Å². The Morgan fingerprint density at radius 2 is 2.08 bits per heavy atom. The lowest BCUT2D eigenvalue weighted by Crippen LogP contribution is -2.34. The maximum atomic E-state index is 11.3. The molecule has 1 aliphatic carbocycles. The second-order valence-electron chi connectivity index (χ2n) is 3.40. The van der Waals surface area contributed by atoms with Gasteiger partial charge in [-0.1, -0.05) is 31.0 Å². The second kappa shape index (κ2) is 6.27. The molecule has 1 saturated carbocycles. The summed E-state index contributed by atoms with van der Waals surface area (Å²) >= 11 is 1.30. The van der Waals surface area contributed by atoms with Gasteiger partial charge in [-0.05, 0) is 12.8 Å². The molecule has 0 heterocycles. The number of hydrogen-bond acceptors (Lipinski definition) is 3. The zero-order valence-corrected chi connectivity index (χ0v) is 8.74. The van der Waals surface area contributed by atoms with Gasteiger partial charge >= 0.3 is 0 Å². The van der Waals surface area contributed by atoms with Gasteiger partial charge in [-0.3, -0.25) is 4.79 Å². The fourth-order valence-electron chi connectivity index (χ4n) is 1.61. The molecule has 0 bridgehead atoms. The van der Waals surface area contributed by atoms with Crippen molar-refractivity contribution < 1.29 is 4.79 Å². The summed E-state index contributed by atoms with van der Waals surface area (Å²) < 4.78 is 0. The highest BCUT2D eigenvalue weighted by atomic mass is 32.2. The van der Waals surface area contributed by atoms with Crippen molar-refractivity contribution in [3.63, 3.8) is 0 Å². The summed E-state index contributed by atoms with van der Waals surface area (Å²) in [4.78, 5) is 11.3. The standard InChI is InChI=1S/C9H18N2OS/c10-6-7-13-9(12)11-8-4-2-1-3-5-8/h8H,1-7,10H2,(H,11,12). The van der Waals surface area contributed by atoms with Gasteiger partial charge < -0.3 is 11.1 Å². The van der Waals surface area contributed by atoms with E-state index in [1.165, 1.54) is 31.0 Å². The zero-order chi connectivity index (χ0) is 9.52. The summed E-state index contributed by atoms with van der Waals surface area (Å²) in [5, 5.41) is 3.12. The number of nitrogens with two attached hydrogens (primary N) is 1. The summed E-state index contributed by atoms with van der Waals surface area (Å²) in [6.07, 6.45) is 6.13. The fourth-order valence-corrected chi connectivity index (χ4v) is 2.16. The Labute approximate surface area is 83.8 Å². The Balaban J connectivity index is 2.11. The van der Waals surface area contributed by atoms with Gasteiger partial charge in [0.25, 0.3) is 5.24 Å². The van der Waals surface area contributed by atoms with Crippen molar-refractivity contribution in [2.24, 2.45) is 5.73 Å². The average molecular weight is 202 g/mol. The highest BCUT2D eigenvalue weighted by molar-refractivity contribution is 8.13. The summed E-state index contributed by atoms with van der Waals surface area (Å²) in [5.41, 5.74) is 5.31. The molecule has 1 amide bonds. The van der Waals surface area contributed by atoms with Crippen LogP contribution in [-0.2, 0) is 0 Å². The van der Waals surface area contributed by atoms with Crippen LogP contribution < -0.4 is 11.1 Å². The maximum Gasteiger partial charge on any atom is 0.279 e. The van der Waals surface area contributed by atoms with Crippen molar-refractivity contribution in [3.8, 4) is 0 Å². The van der Waals surface area contributed by atoms with Crippen molar-refractivity contribution in [1.29, 1.82) is 0 Å². The van der Waals surface area contributed by atoms with Crippen molar-refractivity contribution in [3.05, 3.63) is 0 Å². The van der Waals surface area contributed by atoms with Crippen LogP contribution in [0.5, 0.6) is 0 Å². The minimum Gasteiger partial charge on any atom is -0.344 e. The lowest BCUT2D eigenvalue weighted by molar-refractivity contribution is 0.253. The molecule has 0 aliphatic heterocycles. The fraction of sp³-hybridized carbons (Fsp3) is 0.889. The molecule has 1 fully saturated rings. The van der Waals surface area contributed by atoms with Gasteiger partial charge in [0.2, 0.25) is 0 Å². The van der Waals surface area contributed by atoms with Crippen LogP contribution in [0.1, 0.15) is 32.1 Å². The molecular weight excluding hydrogens is 184 g/mol. The summed E-state index contributed by atoms with van der Waals surface area (Å²) in [6, 6.07) is 0.423. The van der Waals surface area contributed by atoms with Crippen LogP contribution in [0.25, 0.3) is 0 Å². The lowest BCUT2D eigenvalue weighted by atomic mass is 9.96. The number of nitrogens with one attached hydrogen (secondary N) is 1. The normalized spacial score (nSPS) is 18.5. The predicted octanol–water partition coefficient (Wildman–Crippen LogP) is 1.72. The summed E-state index contributed by atoms with van der Waals surface area (Å²) in [7, 11) is 0. The SMILES string of the molecule is NCCSC(=O)NC1CCCCC1. The van der Waals surface area contributed by atoms with Crippen LogP contribution in [0, 0.1) is 0 Å². The van der Waals surface area contributed by atoms with Crippen LogP contribution in [0.15, 0.2) is 0 Å². The molecule has 4 heteroatoms. The molecule has 0 unspecified atom stereocenters. The van der Waals surface area contributed by atoms with Crippen LogP contribution in [0.4, 0.5) is 4.79 Å². The minimum atomic E-state index is 0.0948. The number of thioether (sulfide) groups is 1. The van der Waals surface area contributed by atoms with E-state index in [1.54, 1.807) is 0 Å². The number of amides is 1. The van der Waals surface area contributed by atoms with Crippen molar-refractivity contribution in [2.75, 3.05) is 12.3 Å². The molecule has 13 heavy (non-hydrogen) atoms. The summed E-state index contributed by atoms with van der Waals surface area (Å²) in [5.74, 6) is 0.721. The molecule has 0 radical (unpaired) electrons. The third-order valence-corrected chi connectivity index (χ3v) is 3.10. The van der Waals surface area contributed by atoms with E-state index in [-0.39, 0.29) is 5.24 Å². The first kappa shape index (κ1) is 10.9. The first-order valence-corrected chi connectivity index (χ1v) is 5.95. The Hall–Kier alpha value is -0.220. The monoisotopic (exact) mass is 202 g/mol. The molecule has 3 nitrogen and oxygen atoms in total. The molecule has 0 aromatic rings. The number of carbonyl (C=O) groups excluding carboxylic acids is 1. The quantitative estimate of drug-likeness (QED) is 0.732. The molecule has 0 saturated heterocycles. The van der Waals surface area contributed by atoms with Crippen molar-refractivity contribution in [1.82, 2.24) is 5.32 Å². The predicted molar refractivity (Wildman–Crippen MR) is 56.9 cm³/mol. The molecule has 76 valence electrons. The highest BCUT2D eigenvalue weighted by Crippen LogP contribution is 2.18. The van der Waals surface area contributed by atoms with Gasteiger partial charge in [-0.15, -0.1) is 0 Å². The Morgan fingerprint density at radius 3 is 2.69 bits per heavy atom. The Kier molecular flexibility index (Phi) is 5.23. The number of carbonyl (C=O) groups is 1. The van der Waals surface area contributed by atoms with Crippen molar-refractivity contribution in [2.45, 2.75) is 38.1 Å². The van der Waals surface area contributed by atoms with Gasteiger partial charge in [-0.25, -0.2) is 0 Å². The van der Waals surface area contributed by atoms with E-state index in [1.807, 2.05) is 0 Å². The number of rotatable bonds is 3.